The Morgan fingerprint density at radius 3 is 2.82 bits per heavy atom. The third-order valence-electron chi connectivity index (χ3n) is 3.46. The molecular formula is C18H16N2O2. The molecule has 0 saturated carbocycles. The van der Waals surface area contributed by atoms with Crippen molar-refractivity contribution in [1.82, 2.24) is 4.98 Å². The van der Waals surface area contributed by atoms with Crippen molar-refractivity contribution in [2.45, 2.75) is 6.54 Å². The zero-order chi connectivity index (χ0) is 15.4. The number of carbonyl (C=O) groups is 1. The highest BCUT2D eigenvalue weighted by Crippen LogP contribution is 2.21. The van der Waals surface area contributed by atoms with Crippen LogP contribution in [0.25, 0.3) is 10.9 Å². The van der Waals surface area contributed by atoms with Gasteiger partial charge in [0.1, 0.15) is 0 Å². The molecule has 0 unspecified atom stereocenters. The number of aromatic nitrogens is 1. The fourth-order valence-electron chi connectivity index (χ4n) is 2.37. The van der Waals surface area contributed by atoms with E-state index in [-0.39, 0.29) is 5.97 Å². The second-order valence-corrected chi connectivity index (χ2v) is 4.93. The van der Waals surface area contributed by atoms with Crippen LogP contribution in [0.1, 0.15) is 15.9 Å². The van der Waals surface area contributed by atoms with E-state index in [1.54, 1.807) is 12.3 Å². The van der Waals surface area contributed by atoms with Crippen molar-refractivity contribution in [1.29, 1.82) is 0 Å². The van der Waals surface area contributed by atoms with Crippen LogP contribution < -0.4 is 5.32 Å². The van der Waals surface area contributed by atoms with Gasteiger partial charge in [-0.25, -0.2) is 4.79 Å². The SMILES string of the molecule is COC(=O)c1cccc(CNc2cccc3cccnc23)c1. The summed E-state index contributed by atoms with van der Waals surface area (Å²) >= 11 is 0. The molecule has 0 amide bonds. The quantitative estimate of drug-likeness (QED) is 0.746. The molecule has 0 radical (unpaired) electrons. The third kappa shape index (κ3) is 2.91. The molecule has 1 aromatic heterocycles. The minimum atomic E-state index is -0.325. The number of anilines is 1. The maximum atomic E-state index is 11.6. The summed E-state index contributed by atoms with van der Waals surface area (Å²) in [7, 11) is 1.38. The topological polar surface area (TPSA) is 51.2 Å². The number of pyridine rings is 1. The summed E-state index contributed by atoms with van der Waals surface area (Å²) in [4.78, 5) is 16.0. The van der Waals surface area contributed by atoms with E-state index in [2.05, 4.69) is 10.3 Å². The Kier molecular flexibility index (Phi) is 4.01. The fourth-order valence-corrected chi connectivity index (χ4v) is 2.37. The fraction of sp³-hybridized carbons (Fsp3) is 0.111. The summed E-state index contributed by atoms with van der Waals surface area (Å²) in [5, 5.41) is 4.47. The number of fused-ring (bicyclic) bond motifs is 1. The van der Waals surface area contributed by atoms with E-state index >= 15 is 0 Å². The number of rotatable bonds is 4. The zero-order valence-corrected chi connectivity index (χ0v) is 12.2. The maximum Gasteiger partial charge on any atom is 0.337 e. The number of methoxy groups -OCH3 is 1. The lowest BCUT2D eigenvalue weighted by molar-refractivity contribution is 0.0600. The van der Waals surface area contributed by atoms with E-state index in [0.29, 0.717) is 12.1 Å². The van der Waals surface area contributed by atoms with Gasteiger partial charge < -0.3 is 10.1 Å². The monoisotopic (exact) mass is 292 g/mol. The van der Waals surface area contributed by atoms with Crippen LogP contribution in [0.4, 0.5) is 5.69 Å². The van der Waals surface area contributed by atoms with Gasteiger partial charge in [0.25, 0.3) is 0 Å². The number of hydrogen-bond donors (Lipinski definition) is 1. The average molecular weight is 292 g/mol. The largest absolute Gasteiger partial charge is 0.465 e. The van der Waals surface area contributed by atoms with Gasteiger partial charge in [-0.3, -0.25) is 4.98 Å². The molecule has 22 heavy (non-hydrogen) atoms. The van der Waals surface area contributed by atoms with Crippen molar-refractivity contribution in [3.63, 3.8) is 0 Å². The van der Waals surface area contributed by atoms with Crippen LogP contribution in [0.3, 0.4) is 0 Å². The summed E-state index contributed by atoms with van der Waals surface area (Å²) in [6.07, 6.45) is 1.78. The molecule has 4 nitrogen and oxygen atoms in total. The molecule has 0 bridgehead atoms. The van der Waals surface area contributed by atoms with E-state index in [1.165, 1.54) is 7.11 Å². The summed E-state index contributed by atoms with van der Waals surface area (Å²) in [5.74, 6) is -0.325. The molecule has 3 aromatic rings. The molecular weight excluding hydrogens is 276 g/mol. The minimum absolute atomic E-state index is 0.325. The Balaban J connectivity index is 1.81. The maximum absolute atomic E-state index is 11.6. The number of para-hydroxylation sites is 1. The minimum Gasteiger partial charge on any atom is -0.465 e. The lowest BCUT2D eigenvalue weighted by Gasteiger charge is -2.10. The number of nitrogens with zero attached hydrogens (tertiary/aromatic N) is 1. The molecule has 0 aliphatic heterocycles. The van der Waals surface area contributed by atoms with Crippen LogP contribution in [0.5, 0.6) is 0 Å². The summed E-state index contributed by atoms with van der Waals surface area (Å²) in [6.45, 7) is 0.612. The van der Waals surface area contributed by atoms with Gasteiger partial charge in [-0.05, 0) is 29.8 Å². The van der Waals surface area contributed by atoms with Gasteiger partial charge in [0, 0.05) is 18.1 Å². The lowest BCUT2D eigenvalue weighted by Crippen LogP contribution is -2.04. The Morgan fingerprint density at radius 1 is 1.14 bits per heavy atom. The van der Waals surface area contributed by atoms with Crippen molar-refractivity contribution in [3.05, 3.63) is 71.9 Å². The van der Waals surface area contributed by atoms with Crippen molar-refractivity contribution in [2.75, 3.05) is 12.4 Å². The van der Waals surface area contributed by atoms with Crippen LogP contribution in [-0.4, -0.2) is 18.1 Å². The predicted molar refractivity (Wildman–Crippen MR) is 86.9 cm³/mol. The summed E-state index contributed by atoms with van der Waals surface area (Å²) < 4.78 is 4.74. The van der Waals surface area contributed by atoms with Crippen LogP contribution in [0, 0.1) is 0 Å². The van der Waals surface area contributed by atoms with Crippen LogP contribution >= 0.6 is 0 Å². The first-order valence-electron chi connectivity index (χ1n) is 7.03. The Labute approximate surface area is 128 Å². The number of hydrogen-bond acceptors (Lipinski definition) is 4. The summed E-state index contributed by atoms with van der Waals surface area (Å²) in [5.41, 5.74) is 3.48. The van der Waals surface area contributed by atoms with E-state index in [1.807, 2.05) is 48.5 Å². The van der Waals surface area contributed by atoms with Crippen molar-refractivity contribution < 1.29 is 9.53 Å². The molecule has 3 rings (SSSR count). The van der Waals surface area contributed by atoms with Gasteiger partial charge in [-0.1, -0.05) is 30.3 Å². The smallest absolute Gasteiger partial charge is 0.337 e. The van der Waals surface area contributed by atoms with Gasteiger partial charge in [0.2, 0.25) is 0 Å². The average Bonchev–Trinajstić information content (AvgIpc) is 2.59. The first-order chi connectivity index (χ1) is 10.8. The van der Waals surface area contributed by atoms with Crippen molar-refractivity contribution >= 4 is 22.6 Å². The Hall–Kier alpha value is -2.88. The van der Waals surface area contributed by atoms with E-state index in [4.69, 9.17) is 4.74 Å². The normalized spacial score (nSPS) is 10.4. The molecule has 2 aromatic carbocycles. The molecule has 0 aliphatic rings. The molecule has 110 valence electrons. The van der Waals surface area contributed by atoms with E-state index in [9.17, 15) is 4.79 Å². The van der Waals surface area contributed by atoms with Crippen LogP contribution in [-0.2, 0) is 11.3 Å². The second kappa shape index (κ2) is 6.26. The Bertz CT molecular complexity index is 810. The number of ether oxygens (including phenoxy) is 1. The highest BCUT2D eigenvalue weighted by atomic mass is 16.5. The highest BCUT2D eigenvalue weighted by molar-refractivity contribution is 5.90. The molecule has 0 saturated heterocycles. The number of benzene rings is 2. The Morgan fingerprint density at radius 2 is 1.95 bits per heavy atom. The number of nitrogens with one attached hydrogen (secondary N) is 1. The molecule has 0 fully saturated rings. The van der Waals surface area contributed by atoms with E-state index < -0.39 is 0 Å². The molecule has 1 heterocycles. The van der Waals surface area contributed by atoms with Gasteiger partial charge in [0.05, 0.1) is 23.9 Å². The first-order valence-corrected chi connectivity index (χ1v) is 7.03. The van der Waals surface area contributed by atoms with Gasteiger partial charge in [0.15, 0.2) is 0 Å². The van der Waals surface area contributed by atoms with Crippen LogP contribution in [0.15, 0.2) is 60.8 Å². The second-order valence-electron chi connectivity index (χ2n) is 4.93. The van der Waals surface area contributed by atoms with Crippen LogP contribution in [0.2, 0.25) is 0 Å². The number of esters is 1. The van der Waals surface area contributed by atoms with Gasteiger partial charge in [-0.2, -0.15) is 0 Å². The predicted octanol–water partition coefficient (Wildman–Crippen LogP) is 3.63. The standard InChI is InChI=1S/C18H16N2O2/c1-22-18(21)15-7-2-5-13(11-15)12-20-16-9-3-6-14-8-4-10-19-17(14)16/h2-11,20H,12H2,1H3. The van der Waals surface area contributed by atoms with Crippen molar-refractivity contribution in [2.24, 2.45) is 0 Å². The van der Waals surface area contributed by atoms with Gasteiger partial charge in [-0.15, -0.1) is 0 Å². The van der Waals surface area contributed by atoms with E-state index in [0.717, 1.165) is 22.2 Å². The van der Waals surface area contributed by atoms with Gasteiger partial charge >= 0.3 is 5.97 Å². The third-order valence-corrected chi connectivity index (χ3v) is 3.46. The number of carbonyl (C=O) groups excluding carboxylic acids is 1. The zero-order valence-electron chi connectivity index (χ0n) is 12.2. The lowest BCUT2D eigenvalue weighted by atomic mass is 10.1. The highest BCUT2D eigenvalue weighted by Gasteiger charge is 2.06. The molecule has 1 N–H and O–H groups in total. The van der Waals surface area contributed by atoms with Crippen molar-refractivity contribution in [3.8, 4) is 0 Å². The molecule has 0 aliphatic carbocycles. The molecule has 0 spiro atoms. The molecule has 0 atom stereocenters. The summed E-state index contributed by atoms with van der Waals surface area (Å²) in [6, 6.07) is 17.4. The first kappa shape index (κ1) is 14.1. The molecule has 4 heteroatoms.